The van der Waals surface area contributed by atoms with Crippen molar-refractivity contribution in [3.63, 3.8) is 0 Å². The molecule has 4 saturated carbocycles. The Morgan fingerprint density at radius 2 is 1.63 bits per heavy atom. The summed E-state index contributed by atoms with van der Waals surface area (Å²) >= 11 is 0. The summed E-state index contributed by atoms with van der Waals surface area (Å²) in [5.74, 6) is 5.62. The monoisotopic (exact) mass is 262 g/mol. The van der Waals surface area contributed by atoms with E-state index in [2.05, 4.69) is 17.3 Å². The molecule has 1 heterocycles. The van der Waals surface area contributed by atoms with Crippen molar-refractivity contribution in [2.45, 2.75) is 51.0 Å². The molecule has 0 aromatic heterocycles. The van der Waals surface area contributed by atoms with Crippen LogP contribution in [0.4, 0.5) is 0 Å². The van der Waals surface area contributed by atoms with E-state index in [-0.39, 0.29) is 0 Å². The fraction of sp³-hybridized carbons (Fsp3) is 1.00. The molecule has 0 amide bonds. The molecule has 108 valence electrons. The molecule has 0 radical (unpaired) electrons. The Bertz CT molecular complexity index is 299. The van der Waals surface area contributed by atoms with Crippen LogP contribution in [0.3, 0.4) is 0 Å². The third-order valence-corrected chi connectivity index (χ3v) is 6.90. The Labute approximate surface area is 118 Å². The van der Waals surface area contributed by atoms with E-state index in [9.17, 15) is 0 Å². The summed E-state index contributed by atoms with van der Waals surface area (Å²) < 4.78 is 0. The van der Waals surface area contributed by atoms with E-state index in [1.807, 2.05) is 0 Å². The molecule has 0 aromatic carbocycles. The fourth-order valence-corrected chi connectivity index (χ4v) is 6.08. The predicted molar refractivity (Wildman–Crippen MR) is 79.1 cm³/mol. The molecule has 1 unspecified atom stereocenters. The van der Waals surface area contributed by atoms with Crippen molar-refractivity contribution in [2.24, 2.45) is 29.6 Å². The van der Waals surface area contributed by atoms with E-state index in [4.69, 9.17) is 0 Å². The molecule has 2 heteroatoms. The number of nitrogens with zero attached hydrogens (tertiary/aromatic N) is 1. The molecule has 0 aromatic rings. The Balaban J connectivity index is 1.35. The zero-order chi connectivity index (χ0) is 12.8. The third-order valence-electron chi connectivity index (χ3n) is 6.90. The number of nitrogens with one attached hydrogen (secondary N) is 1. The average Bonchev–Trinajstić information content (AvgIpc) is 2.39. The van der Waals surface area contributed by atoms with Crippen molar-refractivity contribution < 1.29 is 0 Å². The van der Waals surface area contributed by atoms with E-state index in [0.29, 0.717) is 0 Å². The summed E-state index contributed by atoms with van der Waals surface area (Å²) in [6.45, 7) is 3.65. The number of piperazine rings is 1. The molecule has 5 rings (SSSR count). The molecule has 19 heavy (non-hydrogen) atoms. The van der Waals surface area contributed by atoms with Crippen LogP contribution in [0, 0.1) is 29.6 Å². The first-order chi connectivity index (χ1) is 9.29. The molecule has 5 fully saturated rings. The molecular formula is C17H30N2. The molecule has 4 bridgehead atoms. The van der Waals surface area contributed by atoms with Crippen LogP contribution in [0.1, 0.15) is 44.9 Å². The second-order valence-corrected chi connectivity index (χ2v) is 8.01. The molecule has 2 nitrogen and oxygen atoms in total. The Morgan fingerprint density at radius 1 is 0.947 bits per heavy atom. The van der Waals surface area contributed by atoms with E-state index >= 15 is 0 Å². The molecule has 1 atom stereocenters. The maximum atomic E-state index is 3.58. The number of rotatable bonds is 3. The summed E-state index contributed by atoms with van der Waals surface area (Å²) in [6, 6.07) is 0.811. The van der Waals surface area contributed by atoms with E-state index in [0.717, 1.165) is 35.6 Å². The van der Waals surface area contributed by atoms with Gasteiger partial charge in [0, 0.05) is 25.7 Å². The van der Waals surface area contributed by atoms with Crippen molar-refractivity contribution in [3.8, 4) is 0 Å². The lowest BCUT2D eigenvalue weighted by molar-refractivity contribution is -0.0427. The van der Waals surface area contributed by atoms with Gasteiger partial charge in [0.1, 0.15) is 0 Å². The first-order valence-electron chi connectivity index (χ1n) is 8.70. The highest BCUT2D eigenvalue weighted by Crippen LogP contribution is 2.57. The van der Waals surface area contributed by atoms with Crippen LogP contribution >= 0.6 is 0 Å². The van der Waals surface area contributed by atoms with Gasteiger partial charge in [0.05, 0.1) is 0 Å². The standard InChI is InChI=1S/C17H30N2/c1-19-5-4-18-11-16(19)2-3-17-14-7-12-6-13(9-14)10-15(17)8-12/h12-18H,2-11H2,1H3. The number of hydrogen-bond donors (Lipinski definition) is 1. The maximum absolute atomic E-state index is 3.58. The number of likely N-dealkylation sites (N-methyl/N-ethyl adjacent to an activating group) is 1. The minimum Gasteiger partial charge on any atom is -0.314 e. The second-order valence-electron chi connectivity index (χ2n) is 8.01. The normalized spacial score (nSPS) is 49.7. The van der Waals surface area contributed by atoms with Crippen LogP contribution < -0.4 is 5.32 Å². The maximum Gasteiger partial charge on any atom is 0.0218 e. The van der Waals surface area contributed by atoms with Crippen LogP contribution in [-0.2, 0) is 0 Å². The Kier molecular flexibility index (Phi) is 3.35. The van der Waals surface area contributed by atoms with Crippen molar-refractivity contribution in [1.29, 1.82) is 0 Å². The molecule has 1 aliphatic heterocycles. The van der Waals surface area contributed by atoms with E-state index < -0.39 is 0 Å². The van der Waals surface area contributed by atoms with Crippen molar-refractivity contribution in [2.75, 3.05) is 26.7 Å². The van der Waals surface area contributed by atoms with Gasteiger partial charge in [-0.25, -0.2) is 0 Å². The first-order valence-corrected chi connectivity index (χ1v) is 8.70. The summed E-state index contributed by atoms with van der Waals surface area (Å²) in [4.78, 5) is 2.59. The minimum atomic E-state index is 0.811. The SMILES string of the molecule is CN1CCNCC1CCC1C2CC3CC(C2)CC1C3. The van der Waals surface area contributed by atoms with Crippen LogP contribution in [0.2, 0.25) is 0 Å². The van der Waals surface area contributed by atoms with Gasteiger partial charge in [-0.2, -0.15) is 0 Å². The van der Waals surface area contributed by atoms with Gasteiger partial charge in [-0.3, -0.25) is 0 Å². The smallest absolute Gasteiger partial charge is 0.0218 e. The van der Waals surface area contributed by atoms with Gasteiger partial charge in [0.25, 0.3) is 0 Å². The predicted octanol–water partition coefficient (Wildman–Crippen LogP) is 2.74. The van der Waals surface area contributed by atoms with E-state index in [1.54, 1.807) is 32.1 Å². The highest BCUT2D eigenvalue weighted by Gasteiger charge is 2.47. The Hall–Kier alpha value is -0.0800. The lowest BCUT2D eigenvalue weighted by Crippen LogP contribution is -2.50. The van der Waals surface area contributed by atoms with Crippen LogP contribution in [0.15, 0.2) is 0 Å². The molecule has 1 N–H and O–H groups in total. The van der Waals surface area contributed by atoms with E-state index in [1.165, 1.54) is 32.5 Å². The summed E-state index contributed by atoms with van der Waals surface area (Å²) in [7, 11) is 2.32. The quantitative estimate of drug-likeness (QED) is 0.841. The first kappa shape index (κ1) is 12.6. The summed E-state index contributed by atoms with van der Waals surface area (Å²) in [5, 5.41) is 3.58. The zero-order valence-electron chi connectivity index (χ0n) is 12.5. The molecule has 1 saturated heterocycles. The van der Waals surface area contributed by atoms with Gasteiger partial charge in [-0.15, -0.1) is 0 Å². The van der Waals surface area contributed by atoms with Gasteiger partial charge < -0.3 is 10.2 Å². The highest BCUT2D eigenvalue weighted by molar-refractivity contribution is 4.98. The van der Waals surface area contributed by atoms with Crippen LogP contribution in [-0.4, -0.2) is 37.6 Å². The van der Waals surface area contributed by atoms with Crippen LogP contribution in [0.25, 0.3) is 0 Å². The summed E-state index contributed by atoms with van der Waals surface area (Å²) in [6.07, 6.45) is 10.9. The molecule has 5 aliphatic rings. The Morgan fingerprint density at radius 3 is 2.26 bits per heavy atom. The highest BCUT2D eigenvalue weighted by atomic mass is 15.2. The number of hydrogen-bond acceptors (Lipinski definition) is 2. The topological polar surface area (TPSA) is 15.3 Å². The molecule has 4 aliphatic carbocycles. The van der Waals surface area contributed by atoms with Gasteiger partial charge >= 0.3 is 0 Å². The van der Waals surface area contributed by atoms with Crippen molar-refractivity contribution in [3.05, 3.63) is 0 Å². The zero-order valence-corrected chi connectivity index (χ0v) is 12.5. The lowest BCUT2D eigenvalue weighted by atomic mass is 9.51. The lowest BCUT2D eigenvalue weighted by Gasteiger charge is -2.55. The van der Waals surface area contributed by atoms with Crippen molar-refractivity contribution in [1.82, 2.24) is 10.2 Å². The van der Waals surface area contributed by atoms with Gasteiger partial charge in [0.15, 0.2) is 0 Å². The third kappa shape index (κ3) is 2.35. The summed E-state index contributed by atoms with van der Waals surface area (Å²) in [5.41, 5.74) is 0. The minimum absolute atomic E-state index is 0.811. The van der Waals surface area contributed by atoms with Crippen LogP contribution in [0.5, 0.6) is 0 Å². The largest absolute Gasteiger partial charge is 0.314 e. The van der Waals surface area contributed by atoms with Gasteiger partial charge in [-0.05, 0) is 81.6 Å². The fourth-order valence-electron chi connectivity index (χ4n) is 6.08. The average molecular weight is 262 g/mol. The van der Waals surface area contributed by atoms with Crippen molar-refractivity contribution >= 4 is 0 Å². The second kappa shape index (κ2) is 5.04. The van der Waals surface area contributed by atoms with Gasteiger partial charge in [0.2, 0.25) is 0 Å². The molecule has 0 spiro atoms. The van der Waals surface area contributed by atoms with Gasteiger partial charge in [-0.1, -0.05) is 0 Å². The molecular weight excluding hydrogens is 232 g/mol.